The monoisotopic (exact) mass is 468 g/mol. The Morgan fingerprint density at radius 2 is 1.81 bits per heavy atom. The summed E-state index contributed by atoms with van der Waals surface area (Å²) in [6, 6.07) is 8.57. The molecular formula is C22H23F3N2O4S. The van der Waals surface area contributed by atoms with Gasteiger partial charge in [0.2, 0.25) is 10.0 Å². The van der Waals surface area contributed by atoms with E-state index >= 15 is 0 Å². The Labute approximate surface area is 185 Å². The van der Waals surface area contributed by atoms with E-state index in [2.05, 4.69) is 17.2 Å². The number of carbonyl (C=O) groups excluding carboxylic acids is 1. The van der Waals surface area contributed by atoms with Crippen molar-refractivity contribution in [3.63, 3.8) is 0 Å². The average Bonchev–Trinajstić information content (AvgIpc) is 2.76. The van der Waals surface area contributed by atoms with E-state index in [0.717, 1.165) is 12.1 Å². The molecule has 2 aromatic rings. The minimum atomic E-state index is -4.47. The number of alkyl halides is 3. The first-order chi connectivity index (χ1) is 15.0. The number of hydrogen-bond donors (Lipinski definition) is 1. The lowest BCUT2D eigenvalue weighted by Gasteiger charge is -2.20. The first-order valence-electron chi connectivity index (χ1n) is 9.67. The number of sulfonamides is 1. The number of methoxy groups -OCH3 is 1. The van der Waals surface area contributed by atoms with E-state index in [1.165, 1.54) is 41.7 Å². The fourth-order valence-corrected chi connectivity index (χ4v) is 4.51. The summed E-state index contributed by atoms with van der Waals surface area (Å²) < 4.78 is 70.4. The number of amides is 1. The molecule has 0 atom stereocenters. The van der Waals surface area contributed by atoms with Gasteiger partial charge in [0.05, 0.1) is 19.2 Å². The molecule has 0 saturated heterocycles. The summed E-state index contributed by atoms with van der Waals surface area (Å²) in [5.41, 5.74) is -0.572. The second-order valence-corrected chi connectivity index (χ2v) is 8.42. The molecular weight excluding hydrogens is 445 g/mol. The van der Waals surface area contributed by atoms with Crippen molar-refractivity contribution >= 4 is 15.9 Å². The van der Waals surface area contributed by atoms with Gasteiger partial charge in [-0.25, -0.2) is 8.42 Å². The standard InChI is InChI=1S/C22H23F3N2O4S/c1-4-27(5-2)32(29,30)20-15-17(11-12-19(20)31-3)21(28)26-13-7-9-16-8-6-10-18(14-16)22(23,24)25/h6,8,10-12,14-15H,4-5,13H2,1-3H3,(H,26,28). The molecule has 1 amide bonds. The lowest BCUT2D eigenvalue weighted by Crippen LogP contribution is -2.31. The minimum absolute atomic E-state index is 0.0809. The Morgan fingerprint density at radius 3 is 2.41 bits per heavy atom. The van der Waals surface area contributed by atoms with Crippen LogP contribution in [0.3, 0.4) is 0 Å². The number of ether oxygens (including phenoxy) is 1. The molecule has 6 nitrogen and oxygen atoms in total. The SMILES string of the molecule is CCN(CC)S(=O)(=O)c1cc(C(=O)NCC#Cc2cccc(C(F)(F)F)c2)ccc1OC. The highest BCUT2D eigenvalue weighted by molar-refractivity contribution is 7.89. The summed E-state index contributed by atoms with van der Waals surface area (Å²) in [4.78, 5) is 12.3. The lowest BCUT2D eigenvalue weighted by molar-refractivity contribution is -0.137. The Hall–Kier alpha value is -3.03. The maximum Gasteiger partial charge on any atom is 0.416 e. The molecule has 0 aromatic heterocycles. The van der Waals surface area contributed by atoms with E-state index in [1.807, 2.05) is 0 Å². The molecule has 2 aromatic carbocycles. The maximum absolute atomic E-state index is 12.9. The summed E-state index contributed by atoms with van der Waals surface area (Å²) in [7, 11) is -2.54. The fourth-order valence-electron chi connectivity index (χ4n) is 2.87. The maximum atomic E-state index is 12.9. The Kier molecular flexibility index (Phi) is 8.30. The van der Waals surface area contributed by atoms with Gasteiger partial charge >= 0.3 is 6.18 Å². The van der Waals surface area contributed by atoms with Crippen molar-refractivity contribution in [1.82, 2.24) is 9.62 Å². The van der Waals surface area contributed by atoms with Crippen LogP contribution in [0, 0.1) is 11.8 Å². The van der Waals surface area contributed by atoms with Crippen molar-refractivity contribution in [2.45, 2.75) is 24.9 Å². The molecule has 0 saturated carbocycles. The second kappa shape index (κ2) is 10.5. The zero-order chi connectivity index (χ0) is 23.9. The largest absolute Gasteiger partial charge is 0.495 e. The highest BCUT2D eigenvalue weighted by Crippen LogP contribution is 2.29. The van der Waals surface area contributed by atoms with Gasteiger partial charge in [-0.15, -0.1) is 0 Å². The van der Waals surface area contributed by atoms with Gasteiger partial charge in [0, 0.05) is 24.2 Å². The molecule has 0 bridgehead atoms. The molecule has 172 valence electrons. The molecule has 2 rings (SSSR count). The van der Waals surface area contributed by atoms with Crippen molar-refractivity contribution in [2.75, 3.05) is 26.7 Å². The van der Waals surface area contributed by atoms with Crippen LogP contribution >= 0.6 is 0 Å². The quantitative estimate of drug-likeness (QED) is 0.631. The van der Waals surface area contributed by atoms with E-state index in [9.17, 15) is 26.4 Å². The van der Waals surface area contributed by atoms with Gasteiger partial charge < -0.3 is 10.1 Å². The number of nitrogens with zero attached hydrogens (tertiary/aromatic N) is 1. The van der Waals surface area contributed by atoms with Gasteiger partial charge in [-0.3, -0.25) is 4.79 Å². The highest BCUT2D eigenvalue weighted by atomic mass is 32.2. The Morgan fingerprint density at radius 1 is 1.12 bits per heavy atom. The summed E-state index contributed by atoms with van der Waals surface area (Å²) in [6.07, 6.45) is -4.47. The normalized spacial score (nSPS) is 11.6. The average molecular weight is 468 g/mol. The van der Waals surface area contributed by atoms with Gasteiger partial charge in [0.25, 0.3) is 5.91 Å². The molecule has 0 aliphatic heterocycles. The predicted molar refractivity (Wildman–Crippen MR) is 114 cm³/mol. The number of rotatable bonds is 7. The van der Waals surface area contributed by atoms with Crippen LogP contribution in [0.15, 0.2) is 47.4 Å². The molecule has 10 heteroatoms. The second-order valence-electron chi connectivity index (χ2n) is 6.52. The van der Waals surface area contributed by atoms with Crippen LogP contribution in [-0.4, -0.2) is 45.4 Å². The molecule has 0 aliphatic carbocycles. The summed E-state index contributed by atoms with van der Waals surface area (Å²) >= 11 is 0. The van der Waals surface area contributed by atoms with Crippen LogP contribution in [0.5, 0.6) is 5.75 Å². The third-order valence-electron chi connectivity index (χ3n) is 4.51. The first-order valence-corrected chi connectivity index (χ1v) is 11.1. The zero-order valence-electron chi connectivity index (χ0n) is 17.8. The van der Waals surface area contributed by atoms with E-state index in [0.29, 0.717) is 0 Å². The van der Waals surface area contributed by atoms with Crippen molar-refractivity contribution in [3.8, 4) is 17.6 Å². The van der Waals surface area contributed by atoms with Gasteiger partial charge in [0.15, 0.2) is 0 Å². The van der Waals surface area contributed by atoms with Crippen LogP contribution in [0.2, 0.25) is 0 Å². The fraction of sp³-hybridized carbons (Fsp3) is 0.318. The minimum Gasteiger partial charge on any atom is -0.495 e. The highest BCUT2D eigenvalue weighted by Gasteiger charge is 2.30. The topological polar surface area (TPSA) is 75.7 Å². The van der Waals surface area contributed by atoms with Crippen LogP contribution < -0.4 is 10.1 Å². The van der Waals surface area contributed by atoms with Crippen LogP contribution in [0.25, 0.3) is 0 Å². The molecule has 0 fully saturated rings. The van der Waals surface area contributed by atoms with E-state index < -0.39 is 27.7 Å². The first kappa shape index (κ1) is 25.2. The zero-order valence-corrected chi connectivity index (χ0v) is 18.6. The third-order valence-corrected chi connectivity index (χ3v) is 6.58. The molecule has 0 heterocycles. The van der Waals surface area contributed by atoms with Gasteiger partial charge in [-0.05, 0) is 36.4 Å². The Bertz CT molecular complexity index is 1130. The number of hydrogen-bond acceptors (Lipinski definition) is 4. The third kappa shape index (κ3) is 6.02. The summed E-state index contributed by atoms with van der Waals surface area (Å²) in [5.74, 6) is 4.67. The van der Waals surface area contributed by atoms with Crippen molar-refractivity contribution in [3.05, 3.63) is 59.2 Å². The van der Waals surface area contributed by atoms with Gasteiger partial charge in [-0.1, -0.05) is 31.8 Å². The van der Waals surface area contributed by atoms with Crippen molar-refractivity contribution < 1.29 is 31.1 Å². The number of halogens is 3. The number of carbonyl (C=O) groups is 1. The predicted octanol–water partition coefficient (Wildman–Crippen LogP) is 3.53. The van der Waals surface area contributed by atoms with E-state index in [1.54, 1.807) is 13.8 Å². The molecule has 0 radical (unpaired) electrons. The lowest BCUT2D eigenvalue weighted by atomic mass is 10.1. The molecule has 32 heavy (non-hydrogen) atoms. The van der Waals surface area contributed by atoms with Crippen LogP contribution in [0.1, 0.15) is 35.3 Å². The van der Waals surface area contributed by atoms with Crippen LogP contribution in [0.4, 0.5) is 13.2 Å². The number of nitrogens with one attached hydrogen (secondary N) is 1. The molecule has 0 unspecified atom stereocenters. The number of benzene rings is 2. The molecule has 0 aliphatic rings. The molecule has 0 spiro atoms. The van der Waals surface area contributed by atoms with Gasteiger partial charge in [-0.2, -0.15) is 17.5 Å². The molecule has 1 N–H and O–H groups in total. The summed E-state index contributed by atoms with van der Waals surface area (Å²) in [5, 5.41) is 2.50. The smallest absolute Gasteiger partial charge is 0.416 e. The Balaban J connectivity index is 2.18. The van der Waals surface area contributed by atoms with Crippen molar-refractivity contribution in [2.24, 2.45) is 0 Å². The van der Waals surface area contributed by atoms with E-state index in [-0.39, 0.29) is 41.4 Å². The summed E-state index contributed by atoms with van der Waals surface area (Å²) in [6.45, 7) is 3.77. The van der Waals surface area contributed by atoms with E-state index in [4.69, 9.17) is 4.74 Å². The van der Waals surface area contributed by atoms with Gasteiger partial charge in [0.1, 0.15) is 10.6 Å². The van der Waals surface area contributed by atoms with Crippen LogP contribution in [-0.2, 0) is 16.2 Å². The van der Waals surface area contributed by atoms with Crippen molar-refractivity contribution in [1.29, 1.82) is 0 Å².